The van der Waals surface area contributed by atoms with Crippen LogP contribution in [0.5, 0.6) is 0 Å². The van der Waals surface area contributed by atoms with Gasteiger partial charge in [-0.1, -0.05) is 18.2 Å². The molecular weight excluding hydrogens is 350 g/mol. The van der Waals surface area contributed by atoms with Crippen LogP contribution in [0.4, 0.5) is 0 Å². The molecule has 0 unspecified atom stereocenters. The Morgan fingerprint density at radius 2 is 2.05 bits per heavy atom. The second kappa shape index (κ2) is 5.66. The van der Waals surface area contributed by atoms with Crippen molar-refractivity contribution in [3.05, 3.63) is 56.9 Å². The summed E-state index contributed by atoms with van der Waals surface area (Å²) in [7, 11) is 1.80. The Kier molecular flexibility index (Phi) is 3.87. The Bertz CT molecular complexity index is 759. The number of halogens is 1. The monoisotopic (exact) mass is 363 g/mol. The van der Waals surface area contributed by atoms with E-state index in [-0.39, 0.29) is 11.9 Å². The number of nitrogens with zero attached hydrogens (tertiary/aromatic N) is 1. The predicted octanol–water partition coefficient (Wildman–Crippen LogP) is 5.09. The topological polar surface area (TPSA) is 33.5 Å². The molecule has 0 bridgehead atoms. The van der Waals surface area contributed by atoms with Crippen LogP contribution in [0.2, 0.25) is 0 Å². The number of carbonyl (C=O) groups is 1. The molecule has 2 aromatic heterocycles. The highest BCUT2D eigenvalue weighted by atomic mass is 79.9. The van der Waals surface area contributed by atoms with Crippen molar-refractivity contribution in [3.63, 3.8) is 0 Å². The number of rotatable bonds is 3. The smallest absolute Gasteiger partial charge is 0.264 e. The number of para-hydroxylation sites is 1. The lowest BCUT2D eigenvalue weighted by Crippen LogP contribution is -2.28. The van der Waals surface area contributed by atoms with E-state index in [1.54, 1.807) is 11.9 Å². The number of carbonyl (C=O) groups excluding carboxylic acids is 1. The van der Waals surface area contributed by atoms with E-state index in [1.165, 1.54) is 11.3 Å². The van der Waals surface area contributed by atoms with Gasteiger partial charge in [0.05, 0.1) is 14.7 Å². The summed E-state index contributed by atoms with van der Waals surface area (Å²) in [5, 5.41) is 1.05. The van der Waals surface area contributed by atoms with Crippen molar-refractivity contribution in [1.82, 2.24) is 4.90 Å². The molecule has 0 saturated carbocycles. The molecule has 1 aromatic carbocycles. The largest absolute Gasteiger partial charge is 0.459 e. The fourth-order valence-electron chi connectivity index (χ4n) is 2.18. The van der Waals surface area contributed by atoms with Gasteiger partial charge in [0.1, 0.15) is 11.3 Å². The summed E-state index contributed by atoms with van der Waals surface area (Å²) in [4.78, 5) is 14.9. The van der Waals surface area contributed by atoms with Gasteiger partial charge < -0.3 is 9.32 Å². The lowest BCUT2D eigenvalue weighted by Gasteiger charge is -2.22. The van der Waals surface area contributed by atoms with Crippen molar-refractivity contribution in [2.45, 2.75) is 13.0 Å². The summed E-state index contributed by atoms with van der Waals surface area (Å²) in [5.74, 6) is 0.793. The molecule has 0 N–H and O–H groups in total. The third kappa shape index (κ3) is 2.76. The maximum atomic E-state index is 12.5. The molecule has 1 atom stereocenters. The Hall–Kier alpha value is -1.59. The summed E-state index contributed by atoms with van der Waals surface area (Å²) in [5.41, 5.74) is 0.846. The van der Waals surface area contributed by atoms with Crippen molar-refractivity contribution < 1.29 is 9.21 Å². The summed E-state index contributed by atoms with van der Waals surface area (Å²) in [6, 6.07) is 13.5. The first kappa shape index (κ1) is 14.4. The molecule has 108 valence electrons. The van der Waals surface area contributed by atoms with E-state index in [9.17, 15) is 4.79 Å². The first-order chi connectivity index (χ1) is 10.1. The Labute approximate surface area is 135 Å². The predicted molar refractivity (Wildman–Crippen MR) is 88.7 cm³/mol. The van der Waals surface area contributed by atoms with Gasteiger partial charge in [-0.2, -0.15) is 0 Å². The maximum Gasteiger partial charge on any atom is 0.264 e. The van der Waals surface area contributed by atoms with Crippen LogP contribution in [0.15, 0.2) is 50.7 Å². The average Bonchev–Trinajstić information content (AvgIpc) is 3.10. The average molecular weight is 364 g/mol. The van der Waals surface area contributed by atoms with Gasteiger partial charge in [-0.25, -0.2) is 0 Å². The first-order valence-electron chi connectivity index (χ1n) is 6.57. The molecule has 0 fully saturated rings. The number of thiophene rings is 1. The molecular formula is C16H14BrNO2S. The minimum atomic E-state index is -0.120. The highest BCUT2D eigenvalue weighted by Gasteiger charge is 2.22. The number of benzene rings is 1. The minimum Gasteiger partial charge on any atom is -0.459 e. The van der Waals surface area contributed by atoms with Crippen molar-refractivity contribution in [3.8, 4) is 0 Å². The SMILES string of the molecule is C[C@@H](c1cc2ccccc2o1)N(C)C(=O)c1ccc(Br)s1. The first-order valence-corrected chi connectivity index (χ1v) is 8.18. The van der Waals surface area contributed by atoms with Crippen LogP contribution < -0.4 is 0 Å². The maximum absolute atomic E-state index is 12.5. The van der Waals surface area contributed by atoms with Crippen molar-refractivity contribution in [2.75, 3.05) is 7.05 Å². The van der Waals surface area contributed by atoms with E-state index in [2.05, 4.69) is 15.9 Å². The third-order valence-corrected chi connectivity index (χ3v) is 5.15. The fraction of sp³-hybridized carbons (Fsp3) is 0.188. The third-order valence-electron chi connectivity index (χ3n) is 3.54. The fourth-order valence-corrected chi connectivity index (χ4v) is 3.55. The normalized spacial score (nSPS) is 12.5. The molecule has 2 heterocycles. The van der Waals surface area contributed by atoms with E-state index in [1.807, 2.05) is 49.4 Å². The molecule has 1 amide bonds. The molecule has 0 saturated heterocycles. The zero-order valence-corrected chi connectivity index (χ0v) is 14.1. The van der Waals surface area contributed by atoms with Crippen LogP contribution in [-0.2, 0) is 0 Å². The van der Waals surface area contributed by atoms with Gasteiger partial charge in [0, 0.05) is 12.4 Å². The summed E-state index contributed by atoms with van der Waals surface area (Å²) < 4.78 is 6.80. The van der Waals surface area contributed by atoms with Crippen LogP contribution >= 0.6 is 27.3 Å². The number of hydrogen-bond donors (Lipinski definition) is 0. The Morgan fingerprint density at radius 1 is 1.29 bits per heavy atom. The molecule has 3 aromatic rings. The molecule has 0 aliphatic heterocycles. The van der Waals surface area contributed by atoms with Gasteiger partial charge in [-0.05, 0) is 47.1 Å². The molecule has 0 radical (unpaired) electrons. The van der Waals surface area contributed by atoms with Crippen LogP contribution in [0.25, 0.3) is 11.0 Å². The van der Waals surface area contributed by atoms with E-state index in [0.29, 0.717) is 4.88 Å². The zero-order valence-electron chi connectivity index (χ0n) is 11.7. The second-order valence-electron chi connectivity index (χ2n) is 4.88. The molecule has 0 spiro atoms. The Balaban J connectivity index is 1.86. The number of amides is 1. The van der Waals surface area contributed by atoms with Crippen LogP contribution in [0, 0.1) is 0 Å². The van der Waals surface area contributed by atoms with E-state index in [0.717, 1.165) is 20.5 Å². The molecule has 3 nitrogen and oxygen atoms in total. The lowest BCUT2D eigenvalue weighted by atomic mass is 10.2. The highest BCUT2D eigenvalue weighted by molar-refractivity contribution is 9.11. The van der Waals surface area contributed by atoms with Gasteiger partial charge >= 0.3 is 0 Å². The van der Waals surface area contributed by atoms with Crippen LogP contribution in [-0.4, -0.2) is 17.9 Å². The van der Waals surface area contributed by atoms with Gasteiger partial charge in [0.25, 0.3) is 5.91 Å². The lowest BCUT2D eigenvalue weighted by molar-refractivity contribution is 0.0732. The molecule has 3 rings (SSSR count). The van der Waals surface area contributed by atoms with Gasteiger partial charge in [0.15, 0.2) is 0 Å². The van der Waals surface area contributed by atoms with Crippen LogP contribution in [0.1, 0.15) is 28.4 Å². The van der Waals surface area contributed by atoms with Gasteiger partial charge in [-0.3, -0.25) is 4.79 Å². The van der Waals surface area contributed by atoms with E-state index in [4.69, 9.17) is 4.42 Å². The standard InChI is InChI=1S/C16H14BrNO2S/c1-10(13-9-11-5-3-4-6-12(11)20-13)18(2)16(19)14-7-8-15(17)21-14/h3-10H,1-2H3/t10-/m0/s1. The quantitative estimate of drug-likeness (QED) is 0.649. The van der Waals surface area contributed by atoms with E-state index < -0.39 is 0 Å². The number of fused-ring (bicyclic) bond motifs is 1. The van der Waals surface area contributed by atoms with Gasteiger partial charge in [0.2, 0.25) is 0 Å². The van der Waals surface area contributed by atoms with Crippen molar-refractivity contribution in [2.24, 2.45) is 0 Å². The summed E-state index contributed by atoms with van der Waals surface area (Å²) in [6.45, 7) is 1.97. The van der Waals surface area contributed by atoms with Crippen molar-refractivity contribution >= 4 is 44.1 Å². The molecule has 0 aliphatic rings. The Morgan fingerprint density at radius 3 is 2.71 bits per heavy atom. The minimum absolute atomic E-state index is 0.00124. The molecule has 5 heteroatoms. The summed E-state index contributed by atoms with van der Waals surface area (Å²) in [6.07, 6.45) is 0. The molecule has 21 heavy (non-hydrogen) atoms. The second-order valence-corrected chi connectivity index (χ2v) is 7.35. The molecule has 0 aliphatic carbocycles. The van der Waals surface area contributed by atoms with Gasteiger partial charge in [-0.15, -0.1) is 11.3 Å². The van der Waals surface area contributed by atoms with E-state index >= 15 is 0 Å². The van der Waals surface area contributed by atoms with Crippen LogP contribution in [0.3, 0.4) is 0 Å². The number of hydrogen-bond acceptors (Lipinski definition) is 3. The summed E-state index contributed by atoms with van der Waals surface area (Å²) >= 11 is 4.82. The highest BCUT2D eigenvalue weighted by Crippen LogP contribution is 2.29. The zero-order chi connectivity index (χ0) is 15.0. The van der Waals surface area contributed by atoms with Crippen molar-refractivity contribution in [1.29, 1.82) is 0 Å². The number of furan rings is 1.